The minimum absolute atomic E-state index is 0. The van der Waals surface area contributed by atoms with Gasteiger partial charge in [0.2, 0.25) is 11.1 Å². The van der Waals surface area contributed by atoms with E-state index in [1.165, 1.54) is 11.1 Å². The van der Waals surface area contributed by atoms with Gasteiger partial charge in [-0.05, 0) is 121 Å². The largest absolute Gasteiger partial charge is 0.393 e. The summed E-state index contributed by atoms with van der Waals surface area (Å²) in [4.78, 5) is 36.6. The second-order valence-corrected chi connectivity index (χ2v) is 36.7. The molecule has 2 aliphatic heterocycles. The topological polar surface area (TPSA) is 205 Å². The molecule has 0 spiro atoms. The van der Waals surface area contributed by atoms with Crippen LogP contribution in [0, 0.1) is 0 Å². The minimum atomic E-state index is -1.24. The number of nitrogens with zero attached hydrogens (tertiary/aromatic N) is 9. The summed E-state index contributed by atoms with van der Waals surface area (Å²) in [7, 11) is -1.24. The standard InChI is InChI=1S/C22H28N6O.C22H27N5O3S.C6H13NO.I3.I2.HI/c29-17-6-4-16(5-7-17)25-22-24-10-8-21(26-22)28-13-9-18-19(2-1-3-20(18)28)27-14-11-23-12-15-27;1-22(2,3)30-21(28)26-14-12-25(13-15-26)17-6-5-7-18-16(17)9-11-27(18)19-8-10-23-20(24-19)31(4)29;7-5-1-3-6(8)4-2-5;1-3-2;1-2;/h1-3,8-10,13,16-17,23,29H,4-7,11-12,14-15H2,(H,24,25,26);5-11H,12-15H2,1-4H3;5-6,8H,1-4,7H2;;;1H/q;;;-1;;. The van der Waals surface area contributed by atoms with Gasteiger partial charge in [0.15, 0.2) is 0 Å². The summed E-state index contributed by atoms with van der Waals surface area (Å²) in [5, 5.41) is 28.2. The predicted molar refractivity (Wildman–Crippen MR) is 341 cm³/mol. The summed E-state index contributed by atoms with van der Waals surface area (Å²) >= 11 is 9.54. The SMILES string of the molecule is CS(=O)c1nccc(-n2ccc3c(N4CCN(C(=O)OC(C)(C)C)CC4)cccc32)n1.I.II.I[I-]I.NC1CCC(O)CC1.OC1CCC(Nc2nccc(-n3ccc4c(N5CCNCC5)cccc43)n2)CC1. The maximum atomic E-state index is 12.4. The number of ether oxygens (including phenoxy) is 1. The number of halogens is 6. The number of rotatable bonds is 7. The van der Waals surface area contributed by atoms with Gasteiger partial charge < -0.3 is 55.2 Å². The van der Waals surface area contributed by atoms with E-state index in [9.17, 15) is 14.1 Å². The van der Waals surface area contributed by atoms with Crippen molar-refractivity contribution in [1.82, 2.24) is 39.3 Å². The molecule has 4 aliphatic rings. The monoisotopic (exact) mass is 1710 g/mol. The van der Waals surface area contributed by atoms with Crippen molar-refractivity contribution in [3.05, 3.63) is 85.5 Å². The first-order valence-electron chi connectivity index (χ1n) is 24.5. The summed E-state index contributed by atoms with van der Waals surface area (Å²) in [6.45, 7) is 12.4. The van der Waals surface area contributed by atoms with Crippen molar-refractivity contribution in [1.29, 1.82) is 0 Å². The van der Waals surface area contributed by atoms with Gasteiger partial charge in [0, 0.05) is 155 Å². The first-order valence-corrected chi connectivity index (χ1v) is 44.9. The van der Waals surface area contributed by atoms with Gasteiger partial charge >= 0.3 is 56.6 Å². The van der Waals surface area contributed by atoms with Crippen molar-refractivity contribution in [2.75, 3.05) is 73.7 Å². The first kappa shape index (κ1) is 63.6. The van der Waals surface area contributed by atoms with Crippen molar-refractivity contribution >= 4 is 154 Å². The van der Waals surface area contributed by atoms with Gasteiger partial charge in [-0.25, -0.2) is 19.7 Å². The summed E-state index contributed by atoms with van der Waals surface area (Å²) < 4.78 is 21.4. The van der Waals surface area contributed by atoms with Crippen LogP contribution in [-0.4, -0.2) is 143 Å². The van der Waals surface area contributed by atoms with Crippen LogP contribution in [0.3, 0.4) is 0 Å². The Hall–Kier alpha value is -1.28. The van der Waals surface area contributed by atoms with E-state index >= 15 is 0 Å². The smallest absolute Gasteiger partial charge is 0.224 e. The molecule has 2 saturated carbocycles. The van der Waals surface area contributed by atoms with Crippen LogP contribution in [0.2, 0.25) is 0 Å². The zero-order chi connectivity index (χ0) is 52.5. The second-order valence-electron chi connectivity index (χ2n) is 19.1. The van der Waals surface area contributed by atoms with E-state index in [4.69, 9.17) is 20.6 Å². The van der Waals surface area contributed by atoms with Gasteiger partial charge in [0.25, 0.3) is 0 Å². The van der Waals surface area contributed by atoms with Crippen molar-refractivity contribution in [2.45, 2.75) is 107 Å². The number of aliphatic hydroxyl groups excluding tert-OH is 2. The Morgan fingerprint density at radius 1 is 0.743 bits per heavy atom. The maximum absolute atomic E-state index is 12.4. The van der Waals surface area contributed by atoms with Crippen LogP contribution in [-0.2, 0) is 15.5 Å². The number of nitrogens with two attached hydrogens (primary N) is 1. The summed E-state index contributed by atoms with van der Waals surface area (Å²) in [5.41, 5.74) is 9.67. The number of benzene rings is 2. The van der Waals surface area contributed by atoms with Gasteiger partial charge in [0.1, 0.15) is 17.2 Å². The van der Waals surface area contributed by atoms with Gasteiger partial charge in [0.05, 0.1) is 34.0 Å². The molecule has 2 saturated heterocycles. The number of piperazine rings is 2. The summed E-state index contributed by atoms with van der Waals surface area (Å²) in [6, 6.07) is 21.4. The molecule has 1 amide bonds. The number of hydrogen-bond donors (Lipinski definition) is 5. The molecule has 74 heavy (non-hydrogen) atoms. The number of hydrogen-bond acceptors (Lipinski definition) is 14. The molecule has 24 heteroatoms. The zero-order valence-corrected chi connectivity index (χ0v) is 56.1. The van der Waals surface area contributed by atoms with E-state index in [1.807, 2.05) is 62.0 Å². The first-order chi connectivity index (χ1) is 35.2. The van der Waals surface area contributed by atoms with E-state index in [2.05, 4.69) is 157 Å². The Morgan fingerprint density at radius 3 is 1.73 bits per heavy atom. The van der Waals surface area contributed by atoms with Gasteiger partial charge in [-0.15, -0.1) is 24.0 Å². The molecule has 0 radical (unpaired) electrons. The molecule has 4 aromatic heterocycles. The third-order valence-corrected chi connectivity index (χ3v) is 13.6. The van der Waals surface area contributed by atoms with Crippen molar-refractivity contribution in [3.8, 4) is 11.6 Å². The Morgan fingerprint density at radius 2 is 1.23 bits per heavy atom. The van der Waals surface area contributed by atoms with E-state index < -0.39 is 16.4 Å². The molecular formula is C50H69I6N12O5S-. The van der Waals surface area contributed by atoms with E-state index in [0.717, 1.165) is 119 Å². The van der Waals surface area contributed by atoms with Crippen LogP contribution in [0.1, 0.15) is 72.1 Å². The Bertz CT molecular complexity index is 2660. The third-order valence-electron chi connectivity index (χ3n) is 12.9. The van der Waals surface area contributed by atoms with Crippen LogP contribution >= 0.6 is 98.4 Å². The molecule has 408 valence electrons. The van der Waals surface area contributed by atoms with Gasteiger partial charge in [-0.2, -0.15) is 4.98 Å². The molecular weight excluding hydrogens is 1640 g/mol. The van der Waals surface area contributed by atoms with E-state index in [1.54, 1.807) is 17.4 Å². The average Bonchev–Trinajstić information content (AvgIpc) is 4.05. The average molecular weight is 1710 g/mol. The molecule has 6 heterocycles. The molecule has 4 fully saturated rings. The number of fused-ring (bicyclic) bond motifs is 2. The molecule has 1 atom stereocenters. The second kappa shape index (κ2) is 32.1. The fraction of sp³-hybridized carbons (Fsp3) is 0.500. The molecule has 6 N–H and O–H groups in total. The fourth-order valence-corrected chi connectivity index (χ4v) is 9.71. The maximum Gasteiger partial charge on any atom is 0.224 e. The Labute approximate surface area is 508 Å². The third kappa shape index (κ3) is 18.7. The quantitative estimate of drug-likeness (QED) is 0.0795. The molecule has 0 bridgehead atoms. The number of amides is 1. The normalized spacial score (nSPS) is 20.2. The molecule has 17 nitrogen and oxygen atoms in total. The fourth-order valence-electron chi connectivity index (χ4n) is 9.28. The molecule has 2 aliphatic carbocycles. The molecule has 2 aromatic carbocycles. The number of anilines is 3. The van der Waals surface area contributed by atoms with Crippen molar-refractivity contribution in [2.24, 2.45) is 5.73 Å². The number of carbonyl (C=O) groups excluding carboxylic acids is 1. The number of aromatic nitrogens is 6. The van der Waals surface area contributed by atoms with Crippen molar-refractivity contribution in [3.63, 3.8) is 0 Å². The van der Waals surface area contributed by atoms with Gasteiger partial charge in [-0.3, -0.25) is 4.21 Å². The Balaban J connectivity index is 0.000000219. The van der Waals surface area contributed by atoms with Crippen LogP contribution < -0.4 is 39.4 Å². The van der Waals surface area contributed by atoms with Crippen LogP contribution in [0.4, 0.5) is 22.1 Å². The number of aliphatic hydroxyl groups is 2. The summed E-state index contributed by atoms with van der Waals surface area (Å²) in [5.74, 6) is 2.21. The van der Waals surface area contributed by atoms with E-state index in [0.29, 0.717) is 55.4 Å². The molecule has 1 unspecified atom stereocenters. The van der Waals surface area contributed by atoms with Gasteiger partial charge in [-0.1, -0.05) is 12.1 Å². The molecule has 10 rings (SSSR count). The summed E-state index contributed by atoms with van der Waals surface area (Å²) in [6.07, 6.45) is 16.0. The Kier molecular flexibility index (Phi) is 27.6. The van der Waals surface area contributed by atoms with E-state index in [-0.39, 0.29) is 42.3 Å². The van der Waals surface area contributed by atoms with Crippen molar-refractivity contribution < 1.29 is 37.2 Å². The zero-order valence-electron chi connectivity index (χ0n) is 42.1. The molecule has 6 aromatic rings. The minimum Gasteiger partial charge on any atom is -0.393 e. The van der Waals surface area contributed by atoms with Crippen LogP contribution in [0.25, 0.3) is 33.4 Å². The van der Waals surface area contributed by atoms with Crippen LogP contribution in [0.5, 0.6) is 0 Å². The van der Waals surface area contributed by atoms with Crippen LogP contribution in [0.15, 0.2) is 90.6 Å². The number of carbonyl (C=O) groups is 1. The predicted octanol–water partition coefficient (Wildman–Crippen LogP) is 7.17. The number of nitrogens with one attached hydrogen (secondary N) is 2.